The average molecular weight is 284 g/mol. The van der Waals surface area contributed by atoms with Crippen LogP contribution in [0.3, 0.4) is 0 Å². The van der Waals surface area contributed by atoms with Crippen molar-refractivity contribution in [3.63, 3.8) is 0 Å². The molecule has 0 aliphatic rings. The fraction of sp³-hybridized carbons (Fsp3) is 0.353. The van der Waals surface area contributed by atoms with E-state index in [4.69, 9.17) is 0 Å². The molecule has 0 saturated carbocycles. The number of benzene rings is 1. The molecule has 0 radical (unpaired) electrons. The molecule has 1 aromatic carbocycles. The van der Waals surface area contributed by atoms with Crippen molar-refractivity contribution in [3.8, 4) is 0 Å². The minimum Gasteiger partial charge on any atom is -0.387 e. The second-order valence-electron chi connectivity index (χ2n) is 5.22. The Morgan fingerprint density at radius 1 is 1.10 bits per heavy atom. The molecule has 1 heterocycles. The highest BCUT2D eigenvalue weighted by Gasteiger charge is 2.00. The first kappa shape index (κ1) is 15.3. The maximum Gasteiger partial charge on any atom is 0.0547 e. The van der Waals surface area contributed by atoms with Crippen LogP contribution in [-0.2, 0) is 6.54 Å². The smallest absolute Gasteiger partial charge is 0.0547 e. The lowest BCUT2D eigenvalue weighted by Crippen LogP contribution is -2.21. The van der Waals surface area contributed by atoms with Crippen molar-refractivity contribution in [1.82, 2.24) is 9.88 Å². The Balaban J connectivity index is 1.67. The van der Waals surface area contributed by atoms with Crippen molar-refractivity contribution in [2.75, 3.05) is 37.8 Å². The van der Waals surface area contributed by atoms with Crippen molar-refractivity contribution < 1.29 is 0 Å². The maximum absolute atomic E-state index is 4.19. The summed E-state index contributed by atoms with van der Waals surface area (Å²) in [7, 11) is 4.06. The van der Waals surface area contributed by atoms with Crippen LogP contribution >= 0.6 is 0 Å². The predicted molar refractivity (Wildman–Crippen MR) is 89.7 cm³/mol. The second kappa shape index (κ2) is 8.27. The number of nitrogens with zero attached hydrogens (tertiary/aromatic N) is 2. The molecule has 4 nitrogen and oxygen atoms in total. The van der Waals surface area contributed by atoms with Crippen LogP contribution in [0.5, 0.6) is 0 Å². The third kappa shape index (κ3) is 5.44. The average Bonchev–Trinajstić information content (AvgIpc) is 2.53. The molecule has 0 bridgehead atoms. The Labute approximate surface area is 127 Å². The van der Waals surface area contributed by atoms with E-state index in [2.05, 4.69) is 64.0 Å². The van der Waals surface area contributed by atoms with Gasteiger partial charge in [0.25, 0.3) is 0 Å². The second-order valence-corrected chi connectivity index (χ2v) is 5.22. The number of rotatable bonds is 8. The van der Waals surface area contributed by atoms with E-state index in [0.29, 0.717) is 0 Å². The summed E-state index contributed by atoms with van der Waals surface area (Å²) in [6.07, 6.45) is 4.78. The molecule has 2 rings (SSSR count). The lowest BCUT2D eigenvalue weighted by molar-refractivity contribution is 0.325. The topological polar surface area (TPSA) is 40.2 Å². The van der Waals surface area contributed by atoms with Gasteiger partial charge in [-0.05, 0) is 31.6 Å². The summed E-state index contributed by atoms with van der Waals surface area (Å²) >= 11 is 0. The van der Waals surface area contributed by atoms with Gasteiger partial charge >= 0.3 is 0 Å². The summed E-state index contributed by atoms with van der Waals surface area (Å²) in [5.41, 5.74) is 3.45. The highest BCUT2D eigenvalue weighted by atomic mass is 15.1. The van der Waals surface area contributed by atoms with Gasteiger partial charge in [0.15, 0.2) is 0 Å². The van der Waals surface area contributed by atoms with Gasteiger partial charge in [-0.1, -0.05) is 30.3 Å². The minimum atomic E-state index is 0.952. The van der Waals surface area contributed by atoms with Crippen LogP contribution in [0, 0.1) is 0 Å². The lowest BCUT2D eigenvalue weighted by Gasteiger charge is -2.17. The van der Waals surface area contributed by atoms with E-state index in [-0.39, 0.29) is 0 Å². The van der Waals surface area contributed by atoms with Crippen LogP contribution in [0.2, 0.25) is 0 Å². The largest absolute Gasteiger partial charge is 0.387 e. The highest BCUT2D eigenvalue weighted by Crippen LogP contribution is 2.12. The molecule has 112 valence electrons. The van der Waals surface area contributed by atoms with E-state index in [1.807, 2.05) is 19.4 Å². The van der Waals surface area contributed by atoms with Crippen LogP contribution in [0.1, 0.15) is 12.0 Å². The first-order valence-electron chi connectivity index (χ1n) is 7.37. The normalized spacial score (nSPS) is 10.6. The standard InChI is InChI=1S/C17H24N4/c1-18-16-11-17(13-19-12-16)20-9-6-10-21(2)14-15-7-4-3-5-8-15/h3-5,7-8,11-13,18,20H,6,9-10,14H2,1-2H3. The van der Waals surface area contributed by atoms with E-state index in [0.717, 1.165) is 37.4 Å². The quantitative estimate of drug-likeness (QED) is 0.731. The Bertz CT molecular complexity index is 527. The molecule has 0 spiro atoms. The van der Waals surface area contributed by atoms with Gasteiger partial charge in [0.05, 0.1) is 23.8 Å². The van der Waals surface area contributed by atoms with Crippen molar-refractivity contribution >= 4 is 11.4 Å². The molecule has 1 aromatic heterocycles. The van der Waals surface area contributed by atoms with Crippen LogP contribution in [0.25, 0.3) is 0 Å². The third-order valence-corrected chi connectivity index (χ3v) is 3.37. The summed E-state index contributed by atoms with van der Waals surface area (Å²) in [5, 5.41) is 6.50. The monoisotopic (exact) mass is 284 g/mol. The van der Waals surface area contributed by atoms with Crippen LogP contribution in [0.4, 0.5) is 11.4 Å². The molecular weight excluding hydrogens is 260 g/mol. The molecule has 0 aliphatic carbocycles. The molecule has 2 N–H and O–H groups in total. The Hall–Kier alpha value is -2.07. The predicted octanol–water partition coefficient (Wildman–Crippen LogP) is 3.06. The van der Waals surface area contributed by atoms with Gasteiger partial charge < -0.3 is 15.5 Å². The lowest BCUT2D eigenvalue weighted by atomic mass is 10.2. The first-order chi connectivity index (χ1) is 10.3. The zero-order chi connectivity index (χ0) is 14.9. The Kier molecular flexibility index (Phi) is 6.03. The van der Waals surface area contributed by atoms with Crippen molar-refractivity contribution in [3.05, 3.63) is 54.4 Å². The molecular formula is C17H24N4. The van der Waals surface area contributed by atoms with E-state index < -0.39 is 0 Å². The van der Waals surface area contributed by atoms with Crippen molar-refractivity contribution in [1.29, 1.82) is 0 Å². The zero-order valence-corrected chi connectivity index (χ0v) is 12.8. The van der Waals surface area contributed by atoms with Crippen molar-refractivity contribution in [2.45, 2.75) is 13.0 Å². The van der Waals surface area contributed by atoms with E-state index >= 15 is 0 Å². The molecule has 0 saturated heterocycles. The zero-order valence-electron chi connectivity index (χ0n) is 12.8. The fourth-order valence-electron chi connectivity index (χ4n) is 2.23. The van der Waals surface area contributed by atoms with Gasteiger partial charge in [-0.2, -0.15) is 0 Å². The molecule has 0 aliphatic heterocycles. The van der Waals surface area contributed by atoms with Gasteiger partial charge in [0.2, 0.25) is 0 Å². The minimum absolute atomic E-state index is 0.952. The van der Waals surface area contributed by atoms with Gasteiger partial charge in [-0.3, -0.25) is 4.98 Å². The van der Waals surface area contributed by atoms with Gasteiger partial charge in [-0.15, -0.1) is 0 Å². The van der Waals surface area contributed by atoms with Crippen LogP contribution in [0.15, 0.2) is 48.8 Å². The molecule has 0 fully saturated rings. The van der Waals surface area contributed by atoms with Gasteiger partial charge in [0, 0.05) is 20.1 Å². The van der Waals surface area contributed by atoms with Crippen LogP contribution < -0.4 is 10.6 Å². The number of nitrogens with one attached hydrogen (secondary N) is 2. The number of anilines is 2. The summed E-state index contributed by atoms with van der Waals surface area (Å²) in [5.74, 6) is 0. The molecule has 0 atom stereocenters. The highest BCUT2D eigenvalue weighted by molar-refractivity contribution is 5.53. The molecule has 2 aromatic rings. The summed E-state index contributed by atoms with van der Waals surface area (Å²) in [6.45, 7) is 3.02. The maximum atomic E-state index is 4.19. The van der Waals surface area contributed by atoms with E-state index in [9.17, 15) is 0 Å². The van der Waals surface area contributed by atoms with Gasteiger partial charge in [-0.25, -0.2) is 0 Å². The molecule has 21 heavy (non-hydrogen) atoms. The summed E-state index contributed by atoms with van der Waals surface area (Å²) in [4.78, 5) is 6.54. The van der Waals surface area contributed by atoms with E-state index in [1.54, 1.807) is 0 Å². The van der Waals surface area contributed by atoms with E-state index in [1.165, 1.54) is 5.56 Å². The van der Waals surface area contributed by atoms with Crippen molar-refractivity contribution in [2.24, 2.45) is 0 Å². The first-order valence-corrected chi connectivity index (χ1v) is 7.37. The summed E-state index contributed by atoms with van der Waals surface area (Å²) in [6, 6.07) is 12.6. The number of hydrogen-bond donors (Lipinski definition) is 2. The number of aromatic nitrogens is 1. The summed E-state index contributed by atoms with van der Waals surface area (Å²) < 4.78 is 0. The Morgan fingerprint density at radius 3 is 2.62 bits per heavy atom. The molecule has 0 unspecified atom stereocenters. The fourth-order valence-corrected chi connectivity index (χ4v) is 2.23. The van der Waals surface area contributed by atoms with Gasteiger partial charge in [0.1, 0.15) is 0 Å². The Morgan fingerprint density at radius 2 is 1.86 bits per heavy atom. The SMILES string of the molecule is CNc1cncc(NCCCN(C)Cc2ccccc2)c1. The molecule has 0 amide bonds. The third-order valence-electron chi connectivity index (χ3n) is 3.37. The number of hydrogen-bond acceptors (Lipinski definition) is 4. The molecule has 4 heteroatoms. The number of pyridine rings is 1. The van der Waals surface area contributed by atoms with Crippen LogP contribution in [-0.4, -0.2) is 37.1 Å².